The molecule has 0 atom stereocenters. The first-order valence-electron chi connectivity index (χ1n) is 7.83. The van der Waals surface area contributed by atoms with Crippen LogP contribution in [0, 0.1) is 0 Å². The lowest BCUT2D eigenvalue weighted by Crippen LogP contribution is -2.34. The Morgan fingerprint density at radius 2 is 2.08 bits per heavy atom. The summed E-state index contributed by atoms with van der Waals surface area (Å²) in [5.74, 6) is 0.535. The highest BCUT2D eigenvalue weighted by Gasteiger charge is 2.13. The van der Waals surface area contributed by atoms with Gasteiger partial charge in [-0.25, -0.2) is 0 Å². The normalized spacial score (nSPS) is 10.4. The van der Waals surface area contributed by atoms with Crippen molar-refractivity contribution in [2.24, 2.45) is 0 Å². The fourth-order valence-electron chi connectivity index (χ4n) is 2.30. The van der Waals surface area contributed by atoms with Gasteiger partial charge in [0.15, 0.2) is 0 Å². The lowest BCUT2D eigenvalue weighted by molar-refractivity contribution is -0.130. The Kier molecular flexibility index (Phi) is 6.88. The summed E-state index contributed by atoms with van der Waals surface area (Å²) in [6.07, 6.45) is 2.54. The number of carbonyl (C=O) groups excluding carboxylic acids is 2. The molecule has 128 valence electrons. The number of benzene rings is 1. The highest BCUT2D eigenvalue weighted by atomic mass is 35.5. The fraction of sp³-hybridized carbons (Fsp3) is 0.333. The molecule has 0 saturated carbocycles. The standard InChI is InChI=1S/C18H21ClN2O3/c1-14(22)21(13-17-6-3-11-24-17)10-8-18(23)20-9-7-15-4-2-5-16(19)12-15/h2-6,11-12H,7-10,13H2,1H3,(H,20,23). The first-order chi connectivity index (χ1) is 11.5. The second kappa shape index (κ2) is 9.13. The number of hydrogen-bond acceptors (Lipinski definition) is 3. The van der Waals surface area contributed by atoms with Crippen LogP contribution in [0.2, 0.25) is 5.02 Å². The molecule has 0 fully saturated rings. The molecule has 1 aromatic carbocycles. The van der Waals surface area contributed by atoms with E-state index in [0.29, 0.717) is 30.4 Å². The Labute approximate surface area is 146 Å². The highest BCUT2D eigenvalue weighted by Crippen LogP contribution is 2.10. The Bertz CT molecular complexity index is 671. The van der Waals surface area contributed by atoms with Gasteiger partial charge in [0.1, 0.15) is 5.76 Å². The molecule has 0 aliphatic heterocycles. The third-order valence-corrected chi connectivity index (χ3v) is 3.84. The highest BCUT2D eigenvalue weighted by molar-refractivity contribution is 6.30. The van der Waals surface area contributed by atoms with Crippen molar-refractivity contribution in [3.05, 3.63) is 59.0 Å². The van der Waals surface area contributed by atoms with E-state index in [4.69, 9.17) is 16.0 Å². The maximum Gasteiger partial charge on any atom is 0.221 e. The Morgan fingerprint density at radius 3 is 2.75 bits per heavy atom. The molecule has 0 aliphatic carbocycles. The van der Waals surface area contributed by atoms with Crippen molar-refractivity contribution in [1.82, 2.24) is 10.2 Å². The number of hydrogen-bond donors (Lipinski definition) is 1. The zero-order chi connectivity index (χ0) is 17.4. The zero-order valence-corrected chi connectivity index (χ0v) is 14.4. The third kappa shape index (κ3) is 6.08. The van der Waals surface area contributed by atoms with E-state index in [1.54, 1.807) is 23.3 Å². The van der Waals surface area contributed by atoms with E-state index in [1.807, 2.05) is 24.3 Å². The van der Waals surface area contributed by atoms with Crippen molar-refractivity contribution in [3.63, 3.8) is 0 Å². The van der Waals surface area contributed by atoms with E-state index in [0.717, 1.165) is 12.0 Å². The van der Waals surface area contributed by atoms with E-state index in [1.165, 1.54) is 6.92 Å². The summed E-state index contributed by atoms with van der Waals surface area (Å²) in [6.45, 7) is 2.76. The molecule has 1 heterocycles. The van der Waals surface area contributed by atoms with Gasteiger partial charge in [0, 0.05) is 31.5 Å². The van der Waals surface area contributed by atoms with Crippen LogP contribution in [0.3, 0.4) is 0 Å². The van der Waals surface area contributed by atoms with Crippen LogP contribution in [-0.2, 0) is 22.6 Å². The Hall–Kier alpha value is -2.27. The van der Waals surface area contributed by atoms with Gasteiger partial charge in [-0.1, -0.05) is 23.7 Å². The Balaban J connectivity index is 1.71. The van der Waals surface area contributed by atoms with Gasteiger partial charge in [-0.3, -0.25) is 9.59 Å². The summed E-state index contributed by atoms with van der Waals surface area (Å²) >= 11 is 5.93. The van der Waals surface area contributed by atoms with Gasteiger partial charge in [-0.2, -0.15) is 0 Å². The molecule has 1 aromatic heterocycles. The fourth-order valence-corrected chi connectivity index (χ4v) is 2.51. The molecule has 2 aromatic rings. The molecule has 0 saturated heterocycles. The molecular formula is C18H21ClN2O3. The van der Waals surface area contributed by atoms with Crippen LogP contribution in [-0.4, -0.2) is 29.8 Å². The molecule has 2 rings (SSSR count). The molecule has 6 heteroatoms. The van der Waals surface area contributed by atoms with Gasteiger partial charge in [0.2, 0.25) is 11.8 Å². The predicted octanol–water partition coefficient (Wildman–Crippen LogP) is 3.03. The number of rotatable bonds is 8. The van der Waals surface area contributed by atoms with Gasteiger partial charge in [0.25, 0.3) is 0 Å². The average Bonchev–Trinajstić information content (AvgIpc) is 3.04. The summed E-state index contributed by atoms with van der Waals surface area (Å²) < 4.78 is 5.24. The van der Waals surface area contributed by atoms with Crippen molar-refractivity contribution in [2.75, 3.05) is 13.1 Å². The summed E-state index contributed by atoms with van der Waals surface area (Å²) in [6, 6.07) is 11.1. The molecule has 5 nitrogen and oxygen atoms in total. The van der Waals surface area contributed by atoms with Crippen molar-refractivity contribution in [3.8, 4) is 0 Å². The van der Waals surface area contributed by atoms with E-state index in [2.05, 4.69) is 5.32 Å². The lowest BCUT2D eigenvalue weighted by atomic mass is 10.1. The van der Waals surface area contributed by atoms with Gasteiger partial charge in [-0.05, 0) is 36.2 Å². The minimum atomic E-state index is -0.0851. The minimum absolute atomic E-state index is 0.0808. The summed E-state index contributed by atoms with van der Waals surface area (Å²) in [4.78, 5) is 25.2. The van der Waals surface area contributed by atoms with Crippen LogP contribution in [0.4, 0.5) is 0 Å². The summed E-state index contributed by atoms with van der Waals surface area (Å²) in [5, 5.41) is 3.55. The van der Waals surface area contributed by atoms with Gasteiger partial charge < -0.3 is 14.6 Å². The molecule has 0 aliphatic rings. The SMILES string of the molecule is CC(=O)N(CCC(=O)NCCc1cccc(Cl)c1)Cc1ccco1. The number of halogens is 1. The van der Waals surface area contributed by atoms with Crippen LogP contribution < -0.4 is 5.32 Å². The van der Waals surface area contributed by atoms with Crippen LogP contribution in [0.1, 0.15) is 24.7 Å². The lowest BCUT2D eigenvalue weighted by Gasteiger charge is -2.19. The number of furan rings is 1. The van der Waals surface area contributed by atoms with Crippen molar-refractivity contribution >= 4 is 23.4 Å². The Morgan fingerprint density at radius 1 is 1.25 bits per heavy atom. The monoisotopic (exact) mass is 348 g/mol. The van der Waals surface area contributed by atoms with Gasteiger partial charge in [-0.15, -0.1) is 0 Å². The van der Waals surface area contributed by atoms with Crippen LogP contribution >= 0.6 is 11.6 Å². The third-order valence-electron chi connectivity index (χ3n) is 3.61. The summed E-state index contributed by atoms with van der Waals surface area (Å²) in [7, 11) is 0. The predicted molar refractivity (Wildman–Crippen MR) is 92.6 cm³/mol. The van der Waals surface area contributed by atoms with E-state index >= 15 is 0 Å². The molecule has 0 unspecified atom stereocenters. The van der Waals surface area contributed by atoms with Gasteiger partial charge >= 0.3 is 0 Å². The number of carbonyl (C=O) groups is 2. The molecule has 24 heavy (non-hydrogen) atoms. The van der Waals surface area contributed by atoms with Gasteiger partial charge in [0.05, 0.1) is 12.8 Å². The maximum absolute atomic E-state index is 11.9. The molecule has 0 spiro atoms. The van der Waals surface area contributed by atoms with Crippen molar-refractivity contribution in [2.45, 2.75) is 26.3 Å². The molecule has 1 N–H and O–H groups in total. The van der Waals surface area contributed by atoms with E-state index < -0.39 is 0 Å². The number of nitrogens with zero attached hydrogens (tertiary/aromatic N) is 1. The second-order valence-corrected chi connectivity index (χ2v) is 5.94. The number of amides is 2. The largest absolute Gasteiger partial charge is 0.467 e. The van der Waals surface area contributed by atoms with E-state index in [-0.39, 0.29) is 18.2 Å². The topological polar surface area (TPSA) is 62.6 Å². The maximum atomic E-state index is 11.9. The number of nitrogens with one attached hydrogen (secondary N) is 1. The first kappa shape index (κ1) is 18.1. The zero-order valence-electron chi connectivity index (χ0n) is 13.6. The van der Waals surface area contributed by atoms with Crippen molar-refractivity contribution in [1.29, 1.82) is 0 Å². The van der Waals surface area contributed by atoms with E-state index in [9.17, 15) is 9.59 Å². The second-order valence-electron chi connectivity index (χ2n) is 5.50. The van der Waals surface area contributed by atoms with Crippen LogP contribution in [0.15, 0.2) is 47.1 Å². The molecule has 2 amide bonds. The minimum Gasteiger partial charge on any atom is -0.467 e. The molecule has 0 radical (unpaired) electrons. The first-order valence-corrected chi connectivity index (χ1v) is 8.21. The van der Waals surface area contributed by atoms with Crippen molar-refractivity contribution < 1.29 is 14.0 Å². The summed E-state index contributed by atoms with van der Waals surface area (Å²) in [5.41, 5.74) is 1.07. The van der Waals surface area contributed by atoms with Crippen LogP contribution in [0.5, 0.6) is 0 Å². The molecular weight excluding hydrogens is 328 g/mol. The quantitative estimate of drug-likeness (QED) is 0.797. The average molecular weight is 349 g/mol. The molecule has 0 bridgehead atoms. The van der Waals surface area contributed by atoms with Crippen LogP contribution in [0.25, 0.3) is 0 Å². The smallest absolute Gasteiger partial charge is 0.221 e.